The van der Waals surface area contributed by atoms with Gasteiger partial charge in [0.15, 0.2) is 5.76 Å². The molecule has 140 valence electrons. The molecule has 0 radical (unpaired) electrons. The maximum absolute atomic E-state index is 12.7. The number of hydrogen-bond donors (Lipinski definition) is 1. The molecule has 1 saturated heterocycles. The predicted octanol–water partition coefficient (Wildman–Crippen LogP) is 3.44. The van der Waals surface area contributed by atoms with Gasteiger partial charge in [0, 0.05) is 12.6 Å². The Bertz CT molecular complexity index is 535. The first-order valence-corrected chi connectivity index (χ1v) is 9.78. The molecule has 0 unspecified atom stereocenters. The number of furan rings is 1. The number of piperidine rings is 1. The molecule has 1 aromatic rings. The second kappa shape index (κ2) is 8.37. The molecular formula is C20H32N2O3. The van der Waals surface area contributed by atoms with Crippen molar-refractivity contribution in [2.24, 2.45) is 17.6 Å². The summed E-state index contributed by atoms with van der Waals surface area (Å²) in [5.41, 5.74) is 6.33. The Balaban J connectivity index is 1.56. The van der Waals surface area contributed by atoms with Crippen LogP contribution in [0.2, 0.25) is 0 Å². The highest BCUT2D eigenvalue weighted by molar-refractivity contribution is 5.91. The van der Waals surface area contributed by atoms with Crippen LogP contribution in [0.1, 0.15) is 62.9 Å². The topological polar surface area (TPSA) is 68.7 Å². The average Bonchev–Trinajstić information content (AvgIpc) is 3.15. The lowest BCUT2D eigenvalue weighted by molar-refractivity contribution is -0.0274. The molecule has 5 nitrogen and oxygen atoms in total. The molecule has 5 heteroatoms. The molecule has 2 fully saturated rings. The second-order valence-corrected chi connectivity index (χ2v) is 7.96. The smallest absolute Gasteiger partial charge is 0.289 e. The Kier molecular flexibility index (Phi) is 6.18. The number of nitrogens with zero attached hydrogens (tertiary/aromatic N) is 1. The summed E-state index contributed by atoms with van der Waals surface area (Å²) in [6.45, 7) is 5.88. The van der Waals surface area contributed by atoms with Crippen LogP contribution in [0.15, 0.2) is 22.8 Å². The number of rotatable bonds is 5. The zero-order valence-electron chi connectivity index (χ0n) is 15.5. The molecule has 1 amide bonds. The zero-order chi connectivity index (χ0) is 17.8. The fourth-order valence-corrected chi connectivity index (χ4v) is 4.25. The number of ether oxygens (including phenoxy) is 1. The van der Waals surface area contributed by atoms with Gasteiger partial charge in [-0.2, -0.15) is 0 Å². The van der Waals surface area contributed by atoms with Gasteiger partial charge < -0.3 is 19.8 Å². The molecule has 2 N–H and O–H groups in total. The lowest BCUT2D eigenvalue weighted by atomic mass is 9.80. The van der Waals surface area contributed by atoms with E-state index in [4.69, 9.17) is 14.9 Å². The maximum atomic E-state index is 12.7. The summed E-state index contributed by atoms with van der Waals surface area (Å²) in [5, 5.41) is 0. The van der Waals surface area contributed by atoms with Gasteiger partial charge in [0.05, 0.1) is 25.0 Å². The molecule has 1 aliphatic heterocycles. The van der Waals surface area contributed by atoms with Crippen LogP contribution in [0, 0.1) is 11.8 Å². The maximum Gasteiger partial charge on any atom is 0.289 e. The molecule has 2 aliphatic rings. The van der Waals surface area contributed by atoms with Crippen LogP contribution >= 0.6 is 0 Å². The van der Waals surface area contributed by atoms with Gasteiger partial charge in [0.2, 0.25) is 0 Å². The summed E-state index contributed by atoms with van der Waals surface area (Å²) in [5.74, 6) is 1.90. The average molecular weight is 348 g/mol. The van der Waals surface area contributed by atoms with Gasteiger partial charge >= 0.3 is 0 Å². The van der Waals surface area contributed by atoms with Gasteiger partial charge in [0.25, 0.3) is 5.91 Å². The van der Waals surface area contributed by atoms with Crippen molar-refractivity contribution in [3.63, 3.8) is 0 Å². The minimum absolute atomic E-state index is 0.0281. The van der Waals surface area contributed by atoms with Gasteiger partial charge in [-0.1, -0.05) is 13.8 Å². The number of hydrogen-bond acceptors (Lipinski definition) is 4. The molecule has 25 heavy (non-hydrogen) atoms. The van der Waals surface area contributed by atoms with Gasteiger partial charge in [-0.25, -0.2) is 0 Å². The van der Waals surface area contributed by atoms with E-state index in [0.717, 1.165) is 44.1 Å². The highest BCUT2D eigenvalue weighted by Gasteiger charge is 2.35. The first kappa shape index (κ1) is 18.5. The predicted molar refractivity (Wildman–Crippen MR) is 97.3 cm³/mol. The standard InChI is InChI=1S/C20H32N2O3/c1-14(2)15-7-9-16(10-8-15)25-13-18-17(21)5-3-11-22(18)20(23)19-6-4-12-24-19/h4,6,12,14-18H,3,5,7-11,13,21H2,1-2H3/t15?,16?,17-,18-/m0/s1. The van der Waals surface area contributed by atoms with Crippen LogP contribution in [-0.2, 0) is 4.74 Å². The molecule has 1 aromatic heterocycles. The van der Waals surface area contributed by atoms with E-state index in [9.17, 15) is 4.79 Å². The summed E-state index contributed by atoms with van der Waals surface area (Å²) >= 11 is 0. The lowest BCUT2D eigenvalue weighted by Crippen LogP contribution is -2.56. The minimum Gasteiger partial charge on any atom is -0.459 e. The van der Waals surface area contributed by atoms with Crippen molar-refractivity contribution < 1.29 is 13.9 Å². The van der Waals surface area contributed by atoms with E-state index in [-0.39, 0.29) is 18.0 Å². The number of amides is 1. The van der Waals surface area contributed by atoms with Crippen LogP contribution < -0.4 is 5.73 Å². The van der Waals surface area contributed by atoms with Crippen LogP contribution in [0.3, 0.4) is 0 Å². The normalized spacial score (nSPS) is 30.6. The van der Waals surface area contributed by atoms with Crippen molar-refractivity contribution in [1.29, 1.82) is 0 Å². The van der Waals surface area contributed by atoms with Crippen molar-refractivity contribution >= 4 is 5.91 Å². The van der Waals surface area contributed by atoms with Gasteiger partial charge in [-0.3, -0.25) is 4.79 Å². The van der Waals surface area contributed by atoms with Gasteiger partial charge in [-0.05, 0) is 62.5 Å². The third-order valence-corrected chi connectivity index (χ3v) is 5.99. The van der Waals surface area contributed by atoms with Crippen LogP contribution in [0.4, 0.5) is 0 Å². The van der Waals surface area contributed by atoms with E-state index in [1.807, 2.05) is 4.90 Å². The first-order chi connectivity index (χ1) is 12.1. The van der Waals surface area contributed by atoms with E-state index >= 15 is 0 Å². The van der Waals surface area contributed by atoms with Gasteiger partial charge in [0.1, 0.15) is 0 Å². The molecule has 0 aromatic carbocycles. The number of carbonyl (C=O) groups excluding carboxylic acids is 1. The van der Waals surface area contributed by atoms with Crippen LogP contribution in [0.5, 0.6) is 0 Å². The van der Waals surface area contributed by atoms with E-state index in [2.05, 4.69) is 13.8 Å². The summed E-state index contributed by atoms with van der Waals surface area (Å²) in [7, 11) is 0. The Hall–Kier alpha value is -1.33. The largest absolute Gasteiger partial charge is 0.459 e. The molecule has 2 heterocycles. The fraction of sp³-hybridized carbons (Fsp3) is 0.750. The zero-order valence-corrected chi connectivity index (χ0v) is 15.5. The molecule has 1 aliphatic carbocycles. The first-order valence-electron chi connectivity index (χ1n) is 9.78. The SMILES string of the molecule is CC(C)C1CCC(OC[C@H]2[C@@H](N)CCCN2C(=O)c2ccco2)CC1. The number of nitrogens with two attached hydrogens (primary N) is 1. The molecular weight excluding hydrogens is 316 g/mol. The Morgan fingerprint density at radius 1 is 1.32 bits per heavy atom. The molecule has 1 saturated carbocycles. The molecule has 2 atom stereocenters. The second-order valence-electron chi connectivity index (χ2n) is 7.96. The van der Waals surface area contributed by atoms with E-state index in [1.54, 1.807) is 12.1 Å². The third kappa shape index (κ3) is 4.45. The number of likely N-dealkylation sites (tertiary alicyclic amines) is 1. The van der Waals surface area contributed by atoms with E-state index in [0.29, 0.717) is 18.5 Å². The molecule has 3 rings (SSSR count). The monoisotopic (exact) mass is 348 g/mol. The Morgan fingerprint density at radius 3 is 2.72 bits per heavy atom. The Labute approximate surface area is 150 Å². The summed E-state index contributed by atoms with van der Waals surface area (Å²) in [6.07, 6.45) is 8.45. The van der Waals surface area contributed by atoms with Crippen molar-refractivity contribution in [3.8, 4) is 0 Å². The van der Waals surface area contributed by atoms with Crippen LogP contribution in [-0.4, -0.2) is 42.1 Å². The van der Waals surface area contributed by atoms with E-state index < -0.39 is 0 Å². The van der Waals surface area contributed by atoms with Crippen LogP contribution in [0.25, 0.3) is 0 Å². The molecule has 0 bridgehead atoms. The minimum atomic E-state index is -0.0720. The quantitative estimate of drug-likeness (QED) is 0.885. The fourth-order valence-electron chi connectivity index (χ4n) is 4.25. The Morgan fingerprint density at radius 2 is 2.08 bits per heavy atom. The van der Waals surface area contributed by atoms with Crippen molar-refractivity contribution in [3.05, 3.63) is 24.2 Å². The number of carbonyl (C=O) groups is 1. The van der Waals surface area contributed by atoms with E-state index in [1.165, 1.54) is 19.1 Å². The summed E-state index contributed by atoms with van der Waals surface area (Å²) in [4.78, 5) is 14.6. The third-order valence-electron chi connectivity index (χ3n) is 5.99. The summed E-state index contributed by atoms with van der Waals surface area (Å²) in [6, 6.07) is 3.37. The van der Waals surface area contributed by atoms with Crippen molar-refractivity contribution in [2.75, 3.05) is 13.2 Å². The highest BCUT2D eigenvalue weighted by Crippen LogP contribution is 2.31. The highest BCUT2D eigenvalue weighted by atomic mass is 16.5. The van der Waals surface area contributed by atoms with Gasteiger partial charge in [-0.15, -0.1) is 0 Å². The van der Waals surface area contributed by atoms with Crippen molar-refractivity contribution in [2.45, 2.75) is 70.6 Å². The lowest BCUT2D eigenvalue weighted by Gasteiger charge is -2.40. The summed E-state index contributed by atoms with van der Waals surface area (Å²) < 4.78 is 11.5. The van der Waals surface area contributed by atoms with Crippen molar-refractivity contribution in [1.82, 2.24) is 4.90 Å². The molecule has 0 spiro atoms.